The molecule has 2 aliphatic heterocycles. The lowest BCUT2D eigenvalue weighted by molar-refractivity contribution is 0.0492. The molecule has 1 aliphatic carbocycles. The second kappa shape index (κ2) is 6.36. The summed E-state index contributed by atoms with van der Waals surface area (Å²) in [5, 5.41) is 3.70. The molecule has 0 aromatic carbocycles. The van der Waals surface area contributed by atoms with Gasteiger partial charge in [0, 0.05) is 38.4 Å². The zero-order valence-corrected chi connectivity index (χ0v) is 11.6. The molecule has 0 aromatic heterocycles. The van der Waals surface area contributed by atoms with E-state index in [1.54, 1.807) is 0 Å². The van der Waals surface area contributed by atoms with Gasteiger partial charge < -0.3 is 10.1 Å². The minimum Gasteiger partial charge on any atom is -0.381 e. The summed E-state index contributed by atoms with van der Waals surface area (Å²) < 4.78 is 5.48. The number of ether oxygens (including phenoxy) is 1. The Balaban J connectivity index is 1.47. The fraction of sp³-hybridized carbons (Fsp3) is 1.00. The Kier molecular flexibility index (Phi) is 4.55. The summed E-state index contributed by atoms with van der Waals surface area (Å²) in [4.78, 5) is 2.79. The third-order valence-electron chi connectivity index (χ3n) is 4.76. The van der Waals surface area contributed by atoms with Crippen LogP contribution in [0.25, 0.3) is 0 Å². The molecular weight excluding hydrogens is 224 g/mol. The van der Waals surface area contributed by atoms with Gasteiger partial charge in [-0.3, -0.25) is 4.90 Å². The number of nitrogens with zero attached hydrogens (tertiary/aromatic N) is 1. The molecule has 3 aliphatic rings. The Hall–Kier alpha value is -0.120. The summed E-state index contributed by atoms with van der Waals surface area (Å²) >= 11 is 0. The molecule has 1 atom stereocenters. The molecule has 2 heterocycles. The highest BCUT2D eigenvalue weighted by molar-refractivity contribution is 4.89. The molecular formula is C15H28N2O. The van der Waals surface area contributed by atoms with Gasteiger partial charge in [-0.15, -0.1) is 0 Å². The Labute approximate surface area is 111 Å². The highest BCUT2D eigenvalue weighted by atomic mass is 16.5. The van der Waals surface area contributed by atoms with E-state index in [4.69, 9.17) is 4.74 Å². The van der Waals surface area contributed by atoms with Gasteiger partial charge in [-0.25, -0.2) is 0 Å². The van der Waals surface area contributed by atoms with Crippen molar-refractivity contribution in [3.05, 3.63) is 0 Å². The van der Waals surface area contributed by atoms with E-state index in [0.29, 0.717) is 0 Å². The molecule has 1 saturated carbocycles. The minimum absolute atomic E-state index is 0.763. The topological polar surface area (TPSA) is 24.5 Å². The van der Waals surface area contributed by atoms with Crippen molar-refractivity contribution in [3.63, 3.8) is 0 Å². The van der Waals surface area contributed by atoms with E-state index < -0.39 is 0 Å². The van der Waals surface area contributed by atoms with Crippen LogP contribution in [0.2, 0.25) is 0 Å². The van der Waals surface area contributed by atoms with E-state index in [1.807, 2.05) is 0 Å². The molecule has 3 rings (SSSR count). The fourth-order valence-electron chi connectivity index (χ4n) is 3.44. The van der Waals surface area contributed by atoms with Crippen molar-refractivity contribution >= 4 is 0 Å². The Morgan fingerprint density at radius 2 is 1.78 bits per heavy atom. The Bertz CT molecular complexity index is 223. The van der Waals surface area contributed by atoms with Gasteiger partial charge in [-0.2, -0.15) is 0 Å². The molecule has 0 spiro atoms. The van der Waals surface area contributed by atoms with Gasteiger partial charge in [0.25, 0.3) is 0 Å². The lowest BCUT2D eigenvalue weighted by atomic mass is 9.98. The zero-order valence-electron chi connectivity index (χ0n) is 11.6. The fourth-order valence-corrected chi connectivity index (χ4v) is 3.44. The van der Waals surface area contributed by atoms with Crippen LogP contribution in [-0.2, 0) is 4.74 Å². The summed E-state index contributed by atoms with van der Waals surface area (Å²) in [5.74, 6) is 0.892. The number of nitrogens with one attached hydrogen (secondary N) is 1. The van der Waals surface area contributed by atoms with Crippen molar-refractivity contribution in [1.82, 2.24) is 10.2 Å². The molecule has 2 saturated heterocycles. The predicted octanol–water partition coefficient (Wildman–Crippen LogP) is 2.02. The van der Waals surface area contributed by atoms with Gasteiger partial charge in [0.15, 0.2) is 0 Å². The summed E-state index contributed by atoms with van der Waals surface area (Å²) in [6.07, 6.45) is 9.62. The average Bonchev–Trinajstić information content (AvgIpc) is 3.25. The van der Waals surface area contributed by atoms with Crippen LogP contribution in [0, 0.1) is 5.92 Å². The number of rotatable bonds is 5. The van der Waals surface area contributed by atoms with E-state index in [9.17, 15) is 0 Å². The highest BCUT2D eigenvalue weighted by Gasteiger charge is 2.32. The summed E-state index contributed by atoms with van der Waals surface area (Å²) in [6, 6.07) is 1.68. The van der Waals surface area contributed by atoms with Gasteiger partial charge in [0.05, 0.1) is 0 Å². The lowest BCUT2D eigenvalue weighted by Gasteiger charge is -2.34. The van der Waals surface area contributed by atoms with Gasteiger partial charge in [0.2, 0.25) is 0 Å². The normalized spacial score (nSPS) is 30.8. The van der Waals surface area contributed by atoms with Gasteiger partial charge in [0.1, 0.15) is 0 Å². The summed E-state index contributed by atoms with van der Waals surface area (Å²) in [7, 11) is 0. The standard InChI is InChI=1S/C15H28N2O/c1-2-8-16-14(3-1)12-17(15-4-5-15)11-13-6-9-18-10-7-13/h13-16H,1-12H2. The quantitative estimate of drug-likeness (QED) is 0.810. The van der Waals surface area contributed by atoms with Crippen LogP contribution >= 0.6 is 0 Å². The maximum absolute atomic E-state index is 5.48. The molecule has 0 aromatic rings. The van der Waals surface area contributed by atoms with Crippen LogP contribution in [0.1, 0.15) is 44.9 Å². The molecule has 3 fully saturated rings. The third kappa shape index (κ3) is 3.69. The second-order valence-corrected chi connectivity index (χ2v) is 6.39. The van der Waals surface area contributed by atoms with Crippen LogP contribution in [0.15, 0.2) is 0 Å². The van der Waals surface area contributed by atoms with Crippen molar-refractivity contribution in [3.8, 4) is 0 Å². The molecule has 1 unspecified atom stereocenters. The molecule has 0 bridgehead atoms. The van der Waals surface area contributed by atoms with Crippen LogP contribution in [0.5, 0.6) is 0 Å². The van der Waals surface area contributed by atoms with Crippen LogP contribution < -0.4 is 5.32 Å². The number of hydrogen-bond acceptors (Lipinski definition) is 3. The predicted molar refractivity (Wildman–Crippen MR) is 73.8 cm³/mol. The van der Waals surface area contributed by atoms with Crippen molar-refractivity contribution < 1.29 is 4.74 Å². The number of piperidine rings is 1. The largest absolute Gasteiger partial charge is 0.381 e. The molecule has 0 radical (unpaired) electrons. The molecule has 104 valence electrons. The number of hydrogen-bond donors (Lipinski definition) is 1. The smallest absolute Gasteiger partial charge is 0.0469 e. The Morgan fingerprint density at radius 1 is 0.944 bits per heavy atom. The van der Waals surface area contributed by atoms with Crippen LogP contribution in [0.3, 0.4) is 0 Å². The Morgan fingerprint density at radius 3 is 2.44 bits per heavy atom. The molecule has 3 heteroatoms. The van der Waals surface area contributed by atoms with E-state index in [0.717, 1.165) is 31.2 Å². The van der Waals surface area contributed by atoms with Crippen molar-refractivity contribution in [1.29, 1.82) is 0 Å². The SMILES string of the molecule is C1CCC(CN(CC2CCOCC2)C2CC2)NC1. The first-order valence-corrected chi connectivity index (χ1v) is 7.97. The third-order valence-corrected chi connectivity index (χ3v) is 4.76. The summed E-state index contributed by atoms with van der Waals surface area (Å²) in [6.45, 7) is 5.84. The maximum Gasteiger partial charge on any atom is 0.0469 e. The molecule has 18 heavy (non-hydrogen) atoms. The first kappa shape index (κ1) is 12.9. The van der Waals surface area contributed by atoms with E-state index in [2.05, 4.69) is 10.2 Å². The van der Waals surface area contributed by atoms with Gasteiger partial charge >= 0.3 is 0 Å². The maximum atomic E-state index is 5.48. The van der Waals surface area contributed by atoms with Crippen LogP contribution in [-0.4, -0.2) is 49.8 Å². The highest BCUT2D eigenvalue weighted by Crippen LogP contribution is 2.30. The van der Waals surface area contributed by atoms with Crippen LogP contribution in [0.4, 0.5) is 0 Å². The second-order valence-electron chi connectivity index (χ2n) is 6.39. The van der Waals surface area contributed by atoms with Crippen molar-refractivity contribution in [2.24, 2.45) is 5.92 Å². The first-order valence-electron chi connectivity index (χ1n) is 7.97. The summed E-state index contributed by atoms with van der Waals surface area (Å²) in [5.41, 5.74) is 0. The van der Waals surface area contributed by atoms with E-state index in [1.165, 1.54) is 64.6 Å². The molecule has 3 nitrogen and oxygen atoms in total. The van der Waals surface area contributed by atoms with Gasteiger partial charge in [-0.1, -0.05) is 6.42 Å². The van der Waals surface area contributed by atoms with Crippen molar-refractivity contribution in [2.75, 3.05) is 32.8 Å². The zero-order chi connectivity index (χ0) is 12.2. The molecule has 0 amide bonds. The van der Waals surface area contributed by atoms with E-state index in [-0.39, 0.29) is 0 Å². The molecule has 1 N–H and O–H groups in total. The monoisotopic (exact) mass is 252 g/mol. The average molecular weight is 252 g/mol. The van der Waals surface area contributed by atoms with Crippen molar-refractivity contribution in [2.45, 2.75) is 57.0 Å². The first-order chi connectivity index (χ1) is 8.92. The lowest BCUT2D eigenvalue weighted by Crippen LogP contribution is -2.46. The van der Waals surface area contributed by atoms with E-state index >= 15 is 0 Å². The minimum atomic E-state index is 0.763. The van der Waals surface area contributed by atoms with Gasteiger partial charge in [-0.05, 0) is 51.0 Å².